The lowest BCUT2D eigenvalue weighted by Crippen LogP contribution is -2.34. The van der Waals surface area contributed by atoms with Crippen molar-refractivity contribution in [2.24, 2.45) is 0 Å². The molecule has 17 heavy (non-hydrogen) atoms. The number of rotatable bonds is 3. The molecule has 0 aliphatic carbocycles. The zero-order chi connectivity index (χ0) is 12.1. The molecule has 0 heterocycles. The van der Waals surface area contributed by atoms with Crippen LogP contribution in [0.25, 0.3) is 11.1 Å². The van der Waals surface area contributed by atoms with Crippen LogP contribution in [-0.2, 0) is 0 Å². The van der Waals surface area contributed by atoms with Gasteiger partial charge in [0.15, 0.2) is 0 Å². The molecule has 0 bridgehead atoms. The van der Waals surface area contributed by atoms with E-state index in [2.05, 4.69) is 10.9 Å². The summed E-state index contributed by atoms with van der Waals surface area (Å²) in [7, 11) is 1.67. The average Bonchev–Trinajstić information content (AvgIpc) is 2.40. The van der Waals surface area contributed by atoms with Crippen molar-refractivity contribution in [2.45, 2.75) is 0 Å². The van der Waals surface area contributed by atoms with Gasteiger partial charge in [-0.15, -0.1) is 0 Å². The molecule has 2 aromatic carbocycles. The molecule has 86 valence electrons. The summed E-state index contributed by atoms with van der Waals surface area (Å²) < 4.78 is 0. The van der Waals surface area contributed by atoms with Gasteiger partial charge < -0.3 is 0 Å². The zero-order valence-electron chi connectivity index (χ0n) is 9.60. The number of carbonyl (C=O) groups excluding carboxylic acids is 1. The minimum Gasteiger partial charge on any atom is -0.288 e. The van der Waals surface area contributed by atoms with Crippen molar-refractivity contribution in [1.29, 1.82) is 0 Å². The number of hydrazine groups is 1. The number of benzene rings is 2. The van der Waals surface area contributed by atoms with Crippen molar-refractivity contribution in [2.75, 3.05) is 7.05 Å². The Kier molecular flexibility index (Phi) is 3.52. The first-order chi connectivity index (χ1) is 8.31. The van der Waals surface area contributed by atoms with Crippen molar-refractivity contribution in [1.82, 2.24) is 10.9 Å². The zero-order valence-corrected chi connectivity index (χ0v) is 9.60. The molecule has 0 aromatic heterocycles. The third-order valence-electron chi connectivity index (χ3n) is 2.47. The van der Waals surface area contributed by atoms with E-state index in [0.29, 0.717) is 5.56 Å². The monoisotopic (exact) mass is 226 g/mol. The summed E-state index contributed by atoms with van der Waals surface area (Å²) in [5.74, 6) is -0.134. The van der Waals surface area contributed by atoms with E-state index in [4.69, 9.17) is 0 Å². The quantitative estimate of drug-likeness (QED) is 0.788. The van der Waals surface area contributed by atoms with Gasteiger partial charge >= 0.3 is 0 Å². The van der Waals surface area contributed by atoms with E-state index in [1.54, 1.807) is 13.1 Å². The van der Waals surface area contributed by atoms with Crippen molar-refractivity contribution in [3.63, 3.8) is 0 Å². The normalized spacial score (nSPS) is 9.94. The number of nitrogens with one attached hydrogen (secondary N) is 2. The van der Waals surface area contributed by atoms with Gasteiger partial charge in [0.05, 0.1) is 0 Å². The van der Waals surface area contributed by atoms with Crippen LogP contribution in [0.2, 0.25) is 0 Å². The van der Waals surface area contributed by atoms with Gasteiger partial charge in [-0.2, -0.15) is 0 Å². The maximum atomic E-state index is 11.7. The lowest BCUT2D eigenvalue weighted by atomic mass is 10.0. The summed E-state index contributed by atoms with van der Waals surface area (Å²) in [6, 6.07) is 17.5. The van der Waals surface area contributed by atoms with Crippen molar-refractivity contribution in [3.8, 4) is 11.1 Å². The molecule has 2 N–H and O–H groups in total. The highest BCUT2D eigenvalue weighted by Gasteiger charge is 2.05. The first-order valence-corrected chi connectivity index (χ1v) is 5.44. The molecular formula is C14H14N2O. The van der Waals surface area contributed by atoms with Crippen LogP contribution in [0.1, 0.15) is 10.4 Å². The first-order valence-electron chi connectivity index (χ1n) is 5.44. The lowest BCUT2D eigenvalue weighted by Gasteiger charge is -2.05. The maximum Gasteiger partial charge on any atom is 0.265 e. The van der Waals surface area contributed by atoms with E-state index >= 15 is 0 Å². The Morgan fingerprint density at radius 2 is 1.65 bits per heavy atom. The smallest absolute Gasteiger partial charge is 0.265 e. The Morgan fingerprint density at radius 1 is 0.941 bits per heavy atom. The molecule has 0 unspecified atom stereocenters. The summed E-state index contributed by atoms with van der Waals surface area (Å²) in [5, 5.41) is 0. The molecule has 0 atom stereocenters. The highest BCUT2D eigenvalue weighted by molar-refractivity contribution is 5.95. The Hall–Kier alpha value is -2.13. The van der Waals surface area contributed by atoms with Gasteiger partial charge in [-0.3, -0.25) is 10.2 Å². The molecular weight excluding hydrogens is 212 g/mol. The summed E-state index contributed by atoms with van der Waals surface area (Å²) in [5.41, 5.74) is 7.96. The number of amides is 1. The first kappa shape index (κ1) is 11.4. The Balaban J connectivity index is 2.32. The molecule has 0 aliphatic rings. The van der Waals surface area contributed by atoms with Crippen LogP contribution in [0.3, 0.4) is 0 Å². The van der Waals surface area contributed by atoms with Crippen LogP contribution < -0.4 is 10.9 Å². The van der Waals surface area contributed by atoms with Crippen molar-refractivity contribution < 1.29 is 4.79 Å². The van der Waals surface area contributed by atoms with Crippen LogP contribution in [-0.4, -0.2) is 13.0 Å². The second-order valence-corrected chi connectivity index (χ2v) is 3.65. The largest absolute Gasteiger partial charge is 0.288 e. The summed E-state index contributed by atoms with van der Waals surface area (Å²) in [6.07, 6.45) is 0. The molecule has 0 fully saturated rings. The second-order valence-electron chi connectivity index (χ2n) is 3.65. The molecule has 2 aromatic rings. The van der Waals surface area contributed by atoms with Crippen LogP contribution in [0.4, 0.5) is 0 Å². The van der Waals surface area contributed by atoms with E-state index in [0.717, 1.165) is 11.1 Å². The fraction of sp³-hybridized carbons (Fsp3) is 0.0714. The van der Waals surface area contributed by atoms with E-state index in [1.807, 2.05) is 48.5 Å². The van der Waals surface area contributed by atoms with E-state index < -0.39 is 0 Å². The molecule has 0 radical (unpaired) electrons. The van der Waals surface area contributed by atoms with Gasteiger partial charge in [0.25, 0.3) is 5.91 Å². The molecule has 0 spiro atoms. The number of hydrogen-bond donors (Lipinski definition) is 2. The Labute approximate surface area is 100 Å². The molecule has 3 nitrogen and oxygen atoms in total. The van der Waals surface area contributed by atoms with Crippen LogP contribution in [0, 0.1) is 0 Å². The number of carbonyl (C=O) groups is 1. The van der Waals surface area contributed by atoms with Crippen LogP contribution in [0.5, 0.6) is 0 Å². The van der Waals surface area contributed by atoms with Gasteiger partial charge in [-0.1, -0.05) is 42.5 Å². The topological polar surface area (TPSA) is 41.1 Å². The van der Waals surface area contributed by atoms with Crippen molar-refractivity contribution >= 4 is 5.91 Å². The highest BCUT2D eigenvalue weighted by atomic mass is 16.2. The van der Waals surface area contributed by atoms with E-state index in [9.17, 15) is 4.79 Å². The van der Waals surface area contributed by atoms with Gasteiger partial charge in [0.2, 0.25) is 0 Å². The SMILES string of the molecule is CNNC(=O)c1cccc(-c2ccccc2)c1. The van der Waals surface area contributed by atoms with Gasteiger partial charge in [0.1, 0.15) is 0 Å². The standard InChI is InChI=1S/C14H14N2O/c1-15-16-14(17)13-9-5-8-12(10-13)11-6-3-2-4-7-11/h2-10,15H,1H3,(H,16,17). The molecule has 0 saturated heterocycles. The molecule has 1 amide bonds. The minimum atomic E-state index is -0.134. The summed E-state index contributed by atoms with van der Waals surface area (Å²) >= 11 is 0. The fourth-order valence-electron chi connectivity index (χ4n) is 1.66. The second kappa shape index (κ2) is 5.27. The predicted molar refractivity (Wildman–Crippen MR) is 68.4 cm³/mol. The maximum absolute atomic E-state index is 11.7. The van der Waals surface area contributed by atoms with Crippen LogP contribution >= 0.6 is 0 Å². The summed E-state index contributed by atoms with van der Waals surface area (Å²) in [6.45, 7) is 0. The van der Waals surface area contributed by atoms with E-state index in [-0.39, 0.29) is 5.91 Å². The lowest BCUT2D eigenvalue weighted by molar-refractivity contribution is 0.0938. The Morgan fingerprint density at radius 3 is 2.35 bits per heavy atom. The highest BCUT2D eigenvalue weighted by Crippen LogP contribution is 2.19. The van der Waals surface area contributed by atoms with Gasteiger partial charge in [-0.25, -0.2) is 5.43 Å². The minimum absolute atomic E-state index is 0.134. The van der Waals surface area contributed by atoms with Gasteiger partial charge in [0, 0.05) is 12.6 Å². The third-order valence-corrected chi connectivity index (χ3v) is 2.47. The fourth-order valence-corrected chi connectivity index (χ4v) is 1.66. The molecule has 0 aliphatic heterocycles. The van der Waals surface area contributed by atoms with Gasteiger partial charge in [-0.05, 0) is 23.3 Å². The summed E-state index contributed by atoms with van der Waals surface area (Å²) in [4.78, 5) is 11.7. The predicted octanol–water partition coefficient (Wildman–Crippen LogP) is 2.22. The molecule has 2 rings (SSSR count). The van der Waals surface area contributed by atoms with Crippen LogP contribution in [0.15, 0.2) is 54.6 Å². The Bertz CT molecular complexity index is 509. The van der Waals surface area contributed by atoms with E-state index in [1.165, 1.54) is 0 Å². The number of hydrogen-bond acceptors (Lipinski definition) is 2. The molecule has 3 heteroatoms. The third kappa shape index (κ3) is 2.71. The average molecular weight is 226 g/mol. The van der Waals surface area contributed by atoms with Crippen molar-refractivity contribution in [3.05, 3.63) is 60.2 Å². The molecule has 0 saturated carbocycles.